The van der Waals surface area contributed by atoms with Crippen LogP contribution in [0.2, 0.25) is 0 Å². The monoisotopic (exact) mass is 769 g/mol. The van der Waals surface area contributed by atoms with E-state index in [-0.39, 0.29) is 6.04 Å². The average molecular weight is 770 g/mol. The van der Waals surface area contributed by atoms with E-state index in [4.69, 9.17) is 15.0 Å². The average Bonchev–Trinajstić information content (AvgIpc) is 3.34. The zero-order chi connectivity index (χ0) is 39.8. The van der Waals surface area contributed by atoms with E-state index in [0.717, 1.165) is 78.5 Å². The van der Waals surface area contributed by atoms with E-state index in [1.807, 2.05) is 36.4 Å². The molecule has 9 aromatic rings. The van der Waals surface area contributed by atoms with E-state index < -0.39 is 6.17 Å². The highest BCUT2D eigenvalue weighted by molar-refractivity contribution is 6.16. The number of hydrogen-bond acceptors (Lipinski definition) is 5. The van der Waals surface area contributed by atoms with Crippen LogP contribution in [0.3, 0.4) is 0 Å². The Morgan fingerprint density at radius 3 is 1.55 bits per heavy atom. The lowest BCUT2D eigenvalue weighted by molar-refractivity contribution is 0.758. The molecule has 60 heavy (non-hydrogen) atoms. The van der Waals surface area contributed by atoms with Gasteiger partial charge < -0.3 is 10.6 Å². The van der Waals surface area contributed by atoms with Crippen molar-refractivity contribution in [3.8, 4) is 11.1 Å². The molecule has 0 bridgehead atoms. The summed E-state index contributed by atoms with van der Waals surface area (Å²) in [6.45, 7) is 0. The van der Waals surface area contributed by atoms with Crippen molar-refractivity contribution in [2.45, 2.75) is 12.2 Å². The third-order valence-electron chi connectivity index (χ3n) is 11.5. The standard InChI is InChI=1S/C55H39N5/c1-4-15-38(16-5-1)50-35-51(45-30-31-47-44(32-45)29-26-36-14-12-13-23-46(36)47)57-52(56-50)41-27-24-37(25-28-41)48-33-42-21-10-11-22-43(42)34-49(48)55-59-53(39-17-6-2-7-18-39)58-54(60-55)40-19-8-3-9-20-40/h1-35,51,55H,(H,56,57)(H,58,59,60). The van der Waals surface area contributed by atoms with Crippen molar-refractivity contribution in [3.05, 3.63) is 246 Å². The number of fused-ring (bicyclic) bond motifs is 4. The van der Waals surface area contributed by atoms with Crippen LogP contribution in [0.1, 0.15) is 45.6 Å². The van der Waals surface area contributed by atoms with E-state index in [9.17, 15) is 0 Å². The molecule has 0 fully saturated rings. The Morgan fingerprint density at radius 1 is 0.350 bits per heavy atom. The van der Waals surface area contributed by atoms with Gasteiger partial charge in [-0.05, 0) is 78.8 Å². The maximum absolute atomic E-state index is 5.36. The third-order valence-corrected chi connectivity index (χ3v) is 11.5. The molecule has 0 aromatic heterocycles. The Hall–Kier alpha value is -7.89. The highest BCUT2D eigenvalue weighted by Gasteiger charge is 2.25. The van der Waals surface area contributed by atoms with Crippen molar-refractivity contribution in [1.82, 2.24) is 10.6 Å². The zero-order valence-electron chi connectivity index (χ0n) is 32.7. The van der Waals surface area contributed by atoms with Crippen molar-refractivity contribution < 1.29 is 0 Å². The van der Waals surface area contributed by atoms with Crippen LogP contribution in [-0.2, 0) is 0 Å². The van der Waals surface area contributed by atoms with E-state index in [1.54, 1.807) is 0 Å². The van der Waals surface area contributed by atoms with Crippen molar-refractivity contribution in [2.24, 2.45) is 15.0 Å². The molecule has 0 aliphatic carbocycles. The Morgan fingerprint density at radius 2 is 0.867 bits per heavy atom. The Labute approximate surface area is 348 Å². The fourth-order valence-electron chi connectivity index (χ4n) is 8.46. The Kier molecular flexibility index (Phi) is 8.90. The fraction of sp³-hybridized carbons (Fsp3) is 0.0364. The van der Waals surface area contributed by atoms with Crippen LogP contribution >= 0.6 is 0 Å². The summed E-state index contributed by atoms with van der Waals surface area (Å²) in [4.78, 5) is 15.9. The molecular formula is C55H39N5. The van der Waals surface area contributed by atoms with Crippen LogP contribution in [0.15, 0.2) is 227 Å². The smallest absolute Gasteiger partial charge is 0.170 e. The van der Waals surface area contributed by atoms with Crippen LogP contribution in [0, 0.1) is 0 Å². The second kappa shape index (κ2) is 15.1. The maximum atomic E-state index is 5.36. The summed E-state index contributed by atoms with van der Waals surface area (Å²) in [7, 11) is 0. The number of amidine groups is 3. The van der Waals surface area contributed by atoms with Gasteiger partial charge in [-0.2, -0.15) is 0 Å². The van der Waals surface area contributed by atoms with Crippen molar-refractivity contribution in [1.29, 1.82) is 0 Å². The highest BCUT2D eigenvalue weighted by Crippen LogP contribution is 2.38. The molecule has 5 nitrogen and oxygen atoms in total. The van der Waals surface area contributed by atoms with Crippen LogP contribution in [0.4, 0.5) is 0 Å². The normalized spacial score (nSPS) is 15.4. The van der Waals surface area contributed by atoms with Gasteiger partial charge in [-0.1, -0.05) is 188 Å². The molecule has 1 atom stereocenters. The van der Waals surface area contributed by atoms with Gasteiger partial charge in [0.25, 0.3) is 0 Å². The summed E-state index contributed by atoms with van der Waals surface area (Å²) in [5, 5.41) is 14.5. The molecule has 2 aliphatic heterocycles. The minimum atomic E-state index is -0.473. The van der Waals surface area contributed by atoms with Crippen LogP contribution in [0.5, 0.6) is 0 Å². The number of benzene rings is 9. The van der Waals surface area contributed by atoms with Gasteiger partial charge in [0.05, 0.1) is 6.04 Å². The second-order valence-corrected chi connectivity index (χ2v) is 15.3. The van der Waals surface area contributed by atoms with Gasteiger partial charge in [0.15, 0.2) is 6.17 Å². The van der Waals surface area contributed by atoms with Gasteiger partial charge in [0, 0.05) is 28.0 Å². The van der Waals surface area contributed by atoms with Crippen molar-refractivity contribution in [2.75, 3.05) is 0 Å². The first-order valence-electron chi connectivity index (χ1n) is 20.4. The maximum Gasteiger partial charge on any atom is 0.170 e. The lowest BCUT2D eigenvalue weighted by atomic mass is 9.93. The van der Waals surface area contributed by atoms with Gasteiger partial charge in [-0.15, -0.1) is 0 Å². The molecule has 284 valence electrons. The third kappa shape index (κ3) is 6.72. The topological polar surface area (TPSA) is 61.1 Å². The number of nitrogens with one attached hydrogen (secondary N) is 2. The molecule has 0 radical (unpaired) electrons. The predicted molar refractivity (Wildman–Crippen MR) is 250 cm³/mol. The molecule has 0 saturated carbocycles. The Balaban J connectivity index is 0.997. The molecule has 0 amide bonds. The summed E-state index contributed by atoms with van der Waals surface area (Å²) in [5.74, 6) is 2.42. The lowest BCUT2D eigenvalue weighted by Crippen LogP contribution is -2.36. The zero-order valence-corrected chi connectivity index (χ0v) is 32.7. The minimum absolute atomic E-state index is 0.174. The second-order valence-electron chi connectivity index (χ2n) is 15.3. The summed E-state index contributed by atoms with van der Waals surface area (Å²) >= 11 is 0. The largest absolute Gasteiger partial charge is 0.340 e. The van der Waals surface area contributed by atoms with E-state index in [1.165, 1.54) is 21.5 Å². The first-order valence-corrected chi connectivity index (χ1v) is 20.4. The van der Waals surface area contributed by atoms with Crippen LogP contribution in [0.25, 0.3) is 49.1 Å². The van der Waals surface area contributed by atoms with E-state index >= 15 is 0 Å². The van der Waals surface area contributed by atoms with Gasteiger partial charge in [0.1, 0.15) is 17.5 Å². The Bertz CT molecular complexity index is 3130. The lowest BCUT2D eigenvalue weighted by Gasteiger charge is -2.25. The minimum Gasteiger partial charge on any atom is -0.340 e. The molecule has 0 spiro atoms. The fourth-order valence-corrected chi connectivity index (χ4v) is 8.46. The molecule has 2 heterocycles. The van der Waals surface area contributed by atoms with Gasteiger partial charge in [-0.3, -0.25) is 4.99 Å². The first-order chi connectivity index (χ1) is 29.7. The molecule has 11 rings (SSSR count). The molecular weight excluding hydrogens is 731 g/mol. The van der Waals surface area contributed by atoms with E-state index in [0.29, 0.717) is 0 Å². The highest BCUT2D eigenvalue weighted by atomic mass is 15.2. The van der Waals surface area contributed by atoms with Gasteiger partial charge in [-0.25, -0.2) is 9.98 Å². The number of nitrogens with zero attached hydrogens (tertiary/aromatic N) is 3. The van der Waals surface area contributed by atoms with Gasteiger partial charge >= 0.3 is 0 Å². The summed E-state index contributed by atoms with van der Waals surface area (Å²) in [6.07, 6.45) is 1.77. The molecule has 9 aromatic carbocycles. The number of aliphatic imine (C=N–C) groups is 3. The molecule has 0 saturated heterocycles. The van der Waals surface area contributed by atoms with Crippen molar-refractivity contribution >= 4 is 55.5 Å². The van der Waals surface area contributed by atoms with Crippen LogP contribution < -0.4 is 10.6 Å². The molecule has 2 aliphatic rings. The summed E-state index contributed by atoms with van der Waals surface area (Å²) in [6, 6.07) is 72.5. The summed E-state index contributed by atoms with van der Waals surface area (Å²) < 4.78 is 0. The summed E-state index contributed by atoms with van der Waals surface area (Å²) in [5.41, 5.74) is 9.54. The SMILES string of the molecule is C1=C(c2ccccc2)NC(c2ccc(-c3cc4ccccc4cc3C3N=C(c4ccccc4)NC(c4ccccc4)=N3)cc2)=NC1c1ccc2c(ccc3ccccc32)c1. The molecule has 1 unspecified atom stereocenters. The molecule has 2 N–H and O–H groups in total. The number of hydrogen-bond donors (Lipinski definition) is 2. The molecule has 5 heteroatoms. The van der Waals surface area contributed by atoms with E-state index in [2.05, 4.69) is 187 Å². The van der Waals surface area contributed by atoms with Crippen LogP contribution in [-0.4, -0.2) is 17.5 Å². The quantitative estimate of drug-likeness (QED) is 0.159. The number of rotatable bonds is 7. The van der Waals surface area contributed by atoms with Gasteiger partial charge in [0.2, 0.25) is 0 Å². The van der Waals surface area contributed by atoms with Crippen molar-refractivity contribution in [3.63, 3.8) is 0 Å². The first kappa shape index (κ1) is 35.3. The predicted octanol–water partition coefficient (Wildman–Crippen LogP) is 12.4.